The van der Waals surface area contributed by atoms with Crippen LogP contribution in [0.2, 0.25) is 5.02 Å². The van der Waals surface area contributed by atoms with E-state index in [0.29, 0.717) is 28.6 Å². The lowest BCUT2D eigenvalue weighted by Gasteiger charge is -2.16. The second kappa shape index (κ2) is 10.3. The summed E-state index contributed by atoms with van der Waals surface area (Å²) in [4.78, 5) is 28.1. The Morgan fingerprint density at radius 2 is 2.09 bits per heavy atom. The van der Waals surface area contributed by atoms with Crippen LogP contribution >= 0.6 is 22.9 Å². The molecule has 1 aromatic carbocycles. The monoisotopic (exact) mass is 498 g/mol. The maximum Gasteiger partial charge on any atom is 0.417 e. The topological polar surface area (TPSA) is 70.4 Å². The summed E-state index contributed by atoms with van der Waals surface area (Å²) >= 11 is 6.86. The Labute approximate surface area is 195 Å². The Morgan fingerprint density at radius 3 is 2.73 bits per heavy atom. The van der Waals surface area contributed by atoms with E-state index in [1.165, 1.54) is 6.92 Å². The van der Waals surface area contributed by atoms with E-state index in [1.807, 2.05) is 6.92 Å². The van der Waals surface area contributed by atoms with Gasteiger partial charge in [-0.15, -0.1) is 0 Å². The van der Waals surface area contributed by atoms with E-state index in [2.05, 4.69) is 17.0 Å². The van der Waals surface area contributed by atoms with E-state index in [4.69, 9.17) is 21.1 Å². The van der Waals surface area contributed by atoms with Gasteiger partial charge in [0, 0.05) is 13.1 Å². The molecular weight excluding hydrogens is 481 g/mol. The summed E-state index contributed by atoms with van der Waals surface area (Å²) in [6.07, 6.45) is -0.625. The second-order valence-electron chi connectivity index (χ2n) is 6.88. The number of halogens is 4. The Morgan fingerprint density at radius 1 is 1.33 bits per heavy atom. The van der Waals surface area contributed by atoms with Crippen LogP contribution in [0, 0.1) is 12.0 Å². The van der Waals surface area contributed by atoms with Crippen LogP contribution in [0.5, 0.6) is 5.75 Å². The van der Waals surface area contributed by atoms with Crippen LogP contribution < -0.4 is 9.61 Å². The molecule has 0 N–H and O–H groups in total. The molecule has 33 heavy (non-hydrogen) atoms. The Hall–Kier alpha value is -3.03. The fraction of sp³-hybridized carbons (Fsp3) is 0.318. The largest absolute Gasteiger partial charge is 0.479 e. The number of aromatic nitrogens is 2. The molecule has 1 atom stereocenters. The van der Waals surface area contributed by atoms with E-state index >= 15 is 0 Å². The minimum atomic E-state index is -4.61. The zero-order chi connectivity index (χ0) is 24.2. The number of hydrogen-bond donors (Lipinski definition) is 0. The van der Waals surface area contributed by atoms with Gasteiger partial charge in [0.1, 0.15) is 11.9 Å². The number of alkyl halides is 3. The number of unbranched alkanes of at least 4 members (excludes halogenated alkanes) is 1. The van der Waals surface area contributed by atoms with E-state index in [9.17, 15) is 22.8 Å². The number of thiazole rings is 1. The lowest BCUT2D eigenvalue weighted by molar-refractivity contribution is -0.145. The molecule has 0 saturated carbocycles. The number of rotatable bonds is 7. The van der Waals surface area contributed by atoms with Crippen molar-refractivity contribution in [1.82, 2.24) is 9.55 Å². The molecule has 0 amide bonds. The molecule has 3 rings (SSSR count). The van der Waals surface area contributed by atoms with Gasteiger partial charge in [0.05, 0.1) is 20.8 Å². The van der Waals surface area contributed by atoms with Crippen LogP contribution in [0.15, 0.2) is 35.3 Å². The summed E-state index contributed by atoms with van der Waals surface area (Å²) in [6.45, 7) is 3.51. The van der Waals surface area contributed by atoms with Crippen LogP contribution in [0.4, 0.5) is 13.2 Å². The number of esters is 1. The predicted octanol–water partition coefficient (Wildman–Crippen LogP) is 5.58. The van der Waals surface area contributed by atoms with Gasteiger partial charge in [-0.1, -0.05) is 42.2 Å². The fourth-order valence-corrected chi connectivity index (χ4v) is 4.12. The molecule has 174 valence electrons. The van der Waals surface area contributed by atoms with Gasteiger partial charge in [-0.05, 0) is 37.1 Å². The molecular formula is C22H18ClF3N2O4S. The maximum atomic E-state index is 12.9. The molecule has 11 heteroatoms. The summed E-state index contributed by atoms with van der Waals surface area (Å²) in [5, 5.41) is -0.314. The third-order valence-electron chi connectivity index (χ3n) is 4.53. The Kier molecular flexibility index (Phi) is 7.66. The smallest absolute Gasteiger partial charge is 0.417 e. The van der Waals surface area contributed by atoms with Gasteiger partial charge in [0.25, 0.3) is 0 Å². The van der Waals surface area contributed by atoms with Gasteiger partial charge in [-0.3, -0.25) is 4.79 Å². The minimum absolute atomic E-state index is 0.114. The number of pyridine rings is 1. The molecule has 0 aliphatic carbocycles. The van der Waals surface area contributed by atoms with E-state index in [1.54, 1.807) is 18.2 Å². The van der Waals surface area contributed by atoms with Crippen molar-refractivity contribution in [3.05, 3.63) is 50.7 Å². The van der Waals surface area contributed by atoms with Gasteiger partial charge in [0.15, 0.2) is 11.9 Å². The molecule has 0 fully saturated rings. The average molecular weight is 499 g/mol. The van der Waals surface area contributed by atoms with Crippen molar-refractivity contribution < 1.29 is 27.4 Å². The number of fused-ring (bicyclic) bond motifs is 1. The molecule has 3 aromatic rings. The summed E-state index contributed by atoms with van der Waals surface area (Å²) in [5.74, 6) is 2.06. The van der Waals surface area contributed by atoms with E-state index in [-0.39, 0.29) is 10.8 Å². The zero-order valence-corrected chi connectivity index (χ0v) is 19.1. The summed E-state index contributed by atoms with van der Waals surface area (Å²) in [5.41, 5.74) is -0.631. The molecule has 0 aliphatic rings. The highest BCUT2D eigenvalue weighted by molar-refractivity contribution is 7.16. The van der Waals surface area contributed by atoms with Crippen LogP contribution in [-0.2, 0) is 15.7 Å². The molecule has 0 aliphatic heterocycles. The molecule has 6 nitrogen and oxygen atoms in total. The molecule has 0 spiro atoms. The highest BCUT2D eigenvalue weighted by Crippen LogP contribution is 2.33. The number of hydrogen-bond acceptors (Lipinski definition) is 6. The quantitative estimate of drug-likeness (QED) is 0.314. The van der Waals surface area contributed by atoms with Gasteiger partial charge in [-0.25, -0.2) is 14.3 Å². The zero-order valence-electron chi connectivity index (χ0n) is 17.5. The van der Waals surface area contributed by atoms with E-state index < -0.39 is 28.7 Å². The Balaban J connectivity index is 1.95. The average Bonchev–Trinajstić information content (AvgIpc) is 3.08. The lowest BCUT2D eigenvalue weighted by Crippen LogP contribution is -2.28. The summed E-state index contributed by atoms with van der Waals surface area (Å²) in [6, 6.07) is 5.38. The van der Waals surface area contributed by atoms with Crippen molar-refractivity contribution in [2.75, 3.05) is 0 Å². The Bertz CT molecular complexity index is 1290. The maximum absolute atomic E-state index is 12.9. The van der Waals surface area contributed by atoms with Crippen LogP contribution in [0.1, 0.15) is 38.7 Å². The van der Waals surface area contributed by atoms with E-state index in [0.717, 1.165) is 34.8 Å². The van der Waals surface area contributed by atoms with Gasteiger partial charge in [-0.2, -0.15) is 13.2 Å². The molecule has 0 saturated heterocycles. The molecule has 2 aromatic heterocycles. The number of benzene rings is 1. The first-order chi connectivity index (χ1) is 15.7. The number of carbonyl (C=O) groups excluding carboxylic acids is 1. The van der Waals surface area contributed by atoms with Crippen molar-refractivity contribution in [2.45, 2.75) is 45.4 Å². The first kappa shape index (κ1) is 24.6. The van der Waals surface area contributed by atoms with Crippen LogP contribution in [0.3, 0.4) is 0 Å². The van der Waals surface area contributed by atoms with Gasteiger partial charge in [0.2, 0.25) is 0 Å². The third-order valence-corrected chi connectivity index (χ3v) is 5.71. The van der Waals surface area contributed by atoms with Crippen LogP contribution in [-0.4, -0.2) is 21.6 Å². The minimum Gasteiger partial charge on any atom is -0.479 e. The first-order valence-corrected chi connectivity index (χ1v) is 11.0. The molecule has 1 unspecified atom stereocenters. The van der Waals surface area contributed by atoms with Crippen molar-refractivity contribution >= 4 is 39.1 Å². The van der Waals surface area contributed by atoms with Crippen molar-refractivity contribution in [1.29, 1.82) is 0 Å². The fourth-order valence-electron chi connectivity index (χ4n) is 2.97. The highest BCUT2D eigenvalue weighted by Gasteiger charge is 2.32. The standard InChI is InChI=1S/C22H18ClF3N2O4S/c1-3-5-6-17(20(29)31-9-4-2)32-14-7-8-16-18(11-14)33-21(30)28(16)19-15(23)10-13(12-27-19)22(24,25)26/h7-8,10-12,17H,3,5-6H2,1-2H3. The third kappa shape index (κ3) is 5.67. The molecule has 0 radical (unpaired) electrons. The normalized spacial score (nSPS) is 12.2. The number of nitrogens with zero attached hydrogens (tertiary/aromatic N) is 2. The summed E-state index contributed by atoms with van der Waals surface area (Å²) < 4.78 is 51.0. The summed E-state index contributed by atoms with van der Waals surface area (Å²) in [7, 11) is 0. The molecule has 2 heterocycles. The lowest BCUT2D eigenvalue weighted by atomic mass is 10.1. The van der Waals surface area contributed by atoms with Gasteiger partial charge >= 0.3 is 17.0 Å². The number of carbonyl (C=O) groups is 1. The van der Waals surface area contributed by atoms with Gasteiger partial charge < -0.3 is 9.47 Å². The SMILES string of the molecule is CC#COC(=O)C(CCCC)Oc1ccc2c(c1)sc(=O)n2-c1ncc(C(F)(F)F)cc1Cl. The van der Waals surface area contributed by atoms with Crippen molar-refractivity contribution in [3.63, 3.8) is 0 Å². The highest BCUT2D eigenvalue weighted by atomic mass is 35.5. The van der Waals surface area contributed by atoms with Crippen LogP contribution in [0.25, 0.3) is 16.0 Å². The van der Waals surface area contributed by atoms with Crippen molar-refractivity contribution in [3.8, 4) is 23.6 Å². The first-order valence-electron chi connectivity index (χ1n) is 9.83. The number of ether oxygens (including phenoxy) is 2. The predicted molar refractivity (Wildman–Crippen MR) is 119 cm³/mol. The van der Waals surface area contributed by atoms with Crippen molar-refractivity contribution in [2.24, 2.45) is 0 Å². The molecule has 0 bridgehead atoms. The second-order valence-corrected chi connectivity index (χ2v) is 8.28.